The Kier molecular flexibility index (Phi) is 3.70. The van der Waals surface area contributed by atoms with Crippen LogP contribution in [-0.4, -0.2) is 54.6 Å². The average molecular weight is 397 g/mol. The molecule has 1 spiro atoms. The number of benzene rings is 1. The van der Waals surface area contributed by atoms with Crippen LogP contribution in [0, 0.1) is 5.92 Å². The topological polar surface area (TPSA) is 65.1 Å². The number of hydrogen-bond donors (Lipinski definition) is 0. The number of carbonyl (C=O) groups is 2. The Labute approximate surface area is 170 Å². The van der Waals surface area contributed by atoms with Gasteiger partial charge in [0.2, 0.25) is 5.60 Å². The minimum atomic E-state index is -1.21. The van der Waals surface area contributed by atoms with Gasteiger partial charge in [0.15, 0.2) is 17.3 Å². The number of esters is 1. The maximum atomic E-state index is 13.5. The number of methoxy groups -OCH3 is 1. The predicted octanol–water partition coefficient (Wildman–Crippen LogP) is 2.42. The third-order valence-corrected chi connectivity index (χ3v) is 7.87. The fourth-order valence-electron chi connectivity index (χ4n) is 6.71. The Morgan fingerprint density at radius 1 is 1.28 bits per heavy atom. The van der Waals surface area contributed by atoms with E-state index < -0.39 is 22.6 Å². The molecule has 6 nitrogen and oxygen atoms in total. The maximum absolute atomic E-state index is 13.5. The summed E-state index contributed by atoms with van der Waals surface area (Å²) in [5.41, 5.74) is -0.485. The van der Waals surface area contributed by atoms with E-state index in [2.05, 4.69) is 18.0 Å². The number of piperidine rings is 1. The molecule has 4 aliphatic rings. The standard InChI is InChI=1S/C23H27NO5/c1-13(25)23-21(3,27-5)9-8-16-17-12-15-6-7-18(28-14(2)26)20(29-23)19(15)22(16,23)10-11-24(17)4/h6-9,16-17H,10-12H2,1-5H3/t16-,17+,21-,22-,23-/m0/s1. The van der Waals surface area contributed by atoms with Gasteiger partial charge in [-0.2, -0.15) is 0 Å². The third kappa shape index (κ3) is 1.94. The van der Waals surface area contributed by atoms with Gasteiger partial charge in [-0.1, -0.05) is 18.2 Å². The molecule has 29 heavy (non-hydrogen) atoms. The second-order valence-electron chi connectivity index (χ2n) is 9.03. The minimum absolute atomic E-state index is 0.0580. The molecule has 1 saturated heterocycles. The van der Waals surface area contributed by atoms with E-state index in [9.17, 15) is 9.59 Å². The lowest BCUT2D eigenvalue weighted by Crippen LogP contribution is -2.77. The molecule has 0 radical (unpaired) electrons. The quantitative estimate of drug-likeness (QED) is 0.443. The highest BCUT2D eigenvalue weighted by Crippen LogP contribution is 2.69. The van der Waals surface area contributed by atoms with Gasteiger partial charge in [-0.3, -0.25) is 9.59 Å². The van der Waals surface area contributed by atoms with Gasteiger partial charge in [0.05, 0.1) is 5.41 Å². The summed E-state index contributed by atoms with van der Waals surface area (Å²) in [5.74, 6) is 0.574. The van der Waals surface area contributed by atoms with Gasteiger partial charge in [0.1, 0.15) is 5.60 Å². The molecule has 1 fully saturated rings. The molecule has 154 valence electrons. The van der Waals surface area contributed by atoms with Gasteiger partial charge in [0, 0.05) is 31.6 Å². The summed E-state index contributed by atoms with van der Waals surface area (Å²) in [4.78, 5) is 27.6. The Morgan fingerprint density at radius 2 is 2.03 bits per heavy atom. The van der Waals surface area contributed by atoms with Crippen molar-refractivity contribution in [3.63, 3.8) is 0 Å². The summed E-state index contributed by atoms with van der Waals surface area (Å²) in [5, 5.41) is 0. The molecule has 5 rings (SSSR count). The second kappa shape index (κ2) is 5.70. The van der Waals surface area contributed by atoms with Crippen molar-refractivity contribution in [2.45, 2.75) is 56.3 Å². The highest BCUT2D eigenvalue weighted by Gasteiger charge is 2.77. The molecule has 0 aromatic heterocycles. The van der Waals surface area contributed by atoms with Crippen molar-refractivity contribution in [3.05, 3.63) is 35.4 Å². The number of likely N-dealkylation sites (tertiary alicyclic amines) is 1. The van der Waals surface area contributed by atoms with Crippen molar-refractivity contribution in [1.82, 2.24) is 4.90 Å². The Hall–Kier alpha value is -2.18. The molecule has 5 atom stereocenters. The highest BCUT2D eigenvalue weighted by molar-refractivity contribution is 5.93. The SMILES string of the molecule is CO[C@@]1(C)C=C[C@H]2[C@H]3Cc4ccc(OC(C)=O)c5c4[C@@]2(CCN3C)[C@@]1(C(C)=O)O5. The monoisotopic (exact) mass is 397 g/mol. The van der Waals surface area contributed by atoms with Crippen molar-refractivity contribution in [3.8, 4) is 11.5 Å². The number of ether oxygens (including phenoxy) is 3. The summed E-state index contributed by atoms with van der Waals surface area (Å²) < 4.78 is 18.2. The largest absolute Gasteiger partial charge is 0.471 e. The summed E-state index contributed by atoms with van der Waals surface area (Å²) >= 11 is 0. The maximum Gasteiger partial charge on any atom is 0.308 e. The van der Waals surface area contributed by atoms with Crippen LogP contribution < -0.4 is 9.47 Å². The molecular weight excluding hydrogens is 370 g/mol. The fourth-order valence-corrected chi connectivity index (χ4v) is 6.71. The predicted molar refractivity (Wildman–Crippen MR) is 106 cm³/mol. The summed E-state index contributed by atoms with van der Waals surface area (Å²) in [6.45, 7) is 5.77. The van der Waals surface area contributed by atoms with Crippen LogP contribution in [0.1, 0.15) is 38.3 Å². The molecule has 2 aliphatic heterocycles. The summed E-state index contributed by atoms with van der Waals surface area (Å²) in [7, 11) is 3.78. The van der Waals surface area contributed by atoms with E-state index in [1.807, 2.05) is 19.1 Å². The van der Waals surface area contributed by atoms with Crippen LogP contribution >= 0.6 is 0 Å². The number of likely N-dealkylation sites (N-methyl/N-ethyl adjacent to an activating group) is 1. The van der Waals surface area contributed by atoms with Crippen molar-refractivity contribution in [2.75, 3.05) is 20.7 Å². The van der Waals surface area contributed by atoms with Gasteiger partial charge in [-0.05, 0) is 51.9 Å². The van der Waals surface area contributed by atoms with E-state index in [4.69, 9.17) is 14.2 Å². The van der Waals surface area contributed by atoms with Gasteiger partial charge in [-0.25, -0.2) is 0 Å². The zero-order chi connectivity index (χ0) is 20.8. The Bertz CT molecular complexity index is 970. The van der Waals surface area contributed by atoms with E-state index in [1.54, 1.807) is 20.1 Å². The zero-order valence-electron chi connectivity index (χ0n) is 17.6. The summed E-state index contributed by atoms with van der Waals surface area (Å²) in [6.07, 6.45) is 5.88. The number of Topliss-reactive ketones (excluding diaryl/α,β-unsaturated/α-hetero) is 1. The van der Waals surface area contributed by atoms with Gasteiger partial charge in [-0.15, -0.1) is 0 Å². The van der Waals surface area contributed by atoms with E-state index in [0.29, 0.717) is 11.5 Å². The highest BCUT2D eigenvalue weighted by atomic mass is 16.6. The third-order valence-electron chi connectivity index (χ3n) is 7.87. The number of ketones is 1. The van der Waals surface area contributed by atoms with Gasteiger partial charge >= 0.3 is 5.97 Å². The van der Waals surface area contributed by atoms with Crippen LogP contribution in [-0.2, 0) is 26.2 Å². The Morgan fingerprint density at radius 3 is 2.69 bits per heavy atom. The van der Waals surface area contributed by atoms with Crippen LogP contribution in [0.15, 0.2) is 24.3 Å². The minimum Gasteiger partial charge on any atom is -0.471 e. The lowest BCUT2D eigenvalue weighted by molar-refractivity contribution is -0.186. The number of nitrogens with zero attached hydrogens (tertiary/aromatic N) is 1. The van der Waals surface area contributed by atoms with Crippen LogP contribution in [0.5, 0.6) is 11.5 Å². The first-order valence-corrected chi connectivity index (χ1v) is 10.2. The molecule has 2 bridgehead atoms. The number of carbonyl (C=O) groups excluding carboxylic acids is 2. The average Bonchev–Trinajstić information content (AvgIpc) is 3.00. The Balaban J connectivity index is 1.89. The molecule has 6 heteroatoms. The van der Waals surface area contributed by atoms with Crippen LogP contribution in [0.4, 0.5) is 0 Å². The van der Waals surface area contributed by atoms with E-state index in [-0.39, 0.29) is 17.7 Å². The molecule has 0 saturated carbocycles. The molecule has 0 unspecified atom stereocenters. The molecule has 0 amide bonds. The van der Waals surface area contributed by atoms with E-state index in [1.165, 1.54) is 12.5 Å². The van der Waals surface area contributed by atoms with Crippen molar-refractivity contribution >= 4 is 11.8 Å². The molecule has 1 aromatic rings. The molecule has 1 aromatic carbocycles. The molecule has 0 N–H and O–H groups in total. The second-order valence-corrected chi connectivity index (χ2v) is 9.03. The summed E-state index contributed by atoms with van der Waals surface area (Å²) in [6, 6.07) is 4.11. The van der Waals surface area contributed by atoms with Crippen molar-refractivity contribution in [1.29, 1.82) is 0 Å². The van der Waals surface area contributed by atoms with Crippen molar-refractivity contribution < 1.29 is 23.8 Å². The lowest BCUT2D eigenvalue weighted by Gasteiger charge is -2.62. The number of rotatable bonds is 3. The van der Waals surface area contributed by atoms with Crippen LogP contribution in [0.3, 0.4) is 0 Å². The van der Waals surface area contributed by atoms with E-state index >= 15 is 0 Å². The fraction of sp³-hybridized carbons (Fsp3) is 0.565. The van der Waals surface area contributed by atoms with Crippen LogP contribution in [0.2, 0.25) is 0 Å². The van der Waals surface area contributed by atoms with Gasteiger partial charge < -0.3 is 19.1 Å². The normalized spacial score (nSPS) is 38.9. The lowest BCUT2D eigenvalue weighted by atomic mass is 9.45. The van der Waals surface area contributed by atoms with E-state index in [0.717, 1.165) is 24.9 Å². The number of hydrogen-bond acceptors (Lipinski definition) is 6. The first-order chi connectivity index (χ1) is 13.7. The molecule has 2 aliphatic carbocycles. The first kappa shape index (κ1) is 18.8. The molecule has 2 heterocycles. The first-order valence-electron chi connectivity index (χ1n) is 10.2. The molecular formula is C23H27NO5. The smallest absolute Gasteiger partial charge is 0.308 e. The van der Waals surface area contributed by atoms with Crippen molar-refractivity contribution in [2.24, 2.45) is 5.92 Å². The zero-order valence-corrected chi connectivity index (χ0v) is 17.6. The van der Waals surface area contributed by atoms with Gasteiger partial charge in [0.25, 0.3) is 0 Å². The van der Waals surface area contributed by atoms with Crippen LogP contribution in [0.25, 0.3) is 0 Å².